The monoisotopic (exact) mass is 336 g/mol. The van der Waals surface area contributed by atoms with E-state index < -0.39 is 0 Å². The summed E-state index contributed by atoms with van der Waals surface area (Å²) >= 11 is 0. The first-order chi connectivity index (χ1) is 12.2. The topological polar surface area (TPSA) is 83.8 Å². The molecule has 0 atom stereocenters. The number of nitrogens with zero attached hydrogens (tertiary/aromatic N) is 1. The van der Waals surface area contributed by atoms with Gasteiger partial charge < -0.3 is 25.0 Å². The summed E-state index contributed by atoms with van der Waals surface area (Å²) in [5.74, 6) is 1.74. The van der Waals surface area contributed by atoms with Gasteiger partial charge in [0.25, 0.3) is 0 Å². The van der Waals surface area contributed by atoms with Crippen LogP contribution in [0.3, 0.4) is 0 Å². The summed E-state index contributed by atoms with van der Waals surface area (Å²) in [6.45, 7) is 1.82. The molecule has 2 aliphatic heterocycles. The van der Waals surface area contributed by atoms with E-state index in [4.69, 9.17) is 9.47 Å². The van der Waals surface area contributed by atoms with E-state index in [-0.39, 0.29) is 11.5 Å². The van der Waals surface area contributed by atoms with E-state index >= 15 is 0 Å². The molecule has 3 aromatic rings. The van der Waals surface area contributed by atoms with Crippen molar-refractivity contribution < 1.29 is 19.7 Å². The molecule has 126 valence electrons. The van der Waals surface area contributed by atoms with Crippen molar-refractivity contribution in [3.05, 3.63) is 36.0 Å². The predicted octanol–water partition coefficient (Wildman–Crippen LogP) is 3.05. The third-order valence-corrected chi connectivity index (χ3v) is 4.71. The molecule has 6 heteroatoms. The molecule has 0 radical (unpaired) electrons. The van der Waals surface area contributed by atoms with E-state index in [1.165, 1.54) is 0 Å². The van der Waals surface area contributed by atoms with Gasteiger partial charge in [-0.05, 0) is 23.8 Å². The molecule has 2 aromatic carbocycles. The summed E-state index contributed by atoms with van der Waals surface area (Å²) in [5, 5.41) is 24.4. The maximum Gasteiger partial charge on any atom is 0.150 e. The van der Waals surface area contributed by atoms with Gasteiger partial charge in [-0.15, -0.1) is 0 Å². The first kappa shape index (κ1) is 14.2. The maximum absolute atomic E-state index is 10.1. The lowest BCUT2D eigenvalue weighted by Crippen LogP contribution is -2.18. The fourth-order valence-corrected chi connectivity index (χ4v) is 3.64. The zero-order chi connectivity index (χ0) is 17.0. The quantitative estimate of drug-likeness (QED) is 0.633. The number of ether oxygens (including phenoxy) is 2. The molecule has 0 bridgehead atoms. The highest BCUT2D eigenvalue weighted by atomic mass is 16.5. The second kappa shape index (κ2) is 5.17. The highest BCUT2D eigenvalue weighted by Crippen LogP contribution is 2.46. The molecule has 6 nitrogen and oxygen atoms in total. The summed E-state index contributed by atoms with van der Waals surface area (Å²) < 4.78 is 11.6. The molecular formula is C19H16N2O4. The van der Waals surface area contributed by atoms with Crippen LogP contribution >= 0.6 is 0 Å². The molecule has 5 rings (SSSR count). The van der Waals surface area contributed by atoms with Crippen LogP contribution in [0.2, 0.25) is 0 Å². The Morgan fingerprint density at radius 3 is 2.88 bits per heavy atom. The van der Waals surface area contributed by atoms with Gasteiger partial charge in [0.05, 0.1) is 17.7 Å². The molecular weight excluding hydrogens is 320 g/mol. The molecule has 1 aromatic heterocycles. The van der Waals surface area contributed by atoms with Crippen LogP contribution in [0.1, 0.15) is 5.56 Å². The number of aromatic hydroxyl groups is 2. The van der Waals surface area contributed by atoms with E-state index in [0.29, 0.717) is 31.7 Å². The summed E-state index contributed by atoms with van der Waals surface area (Å²) in [4.78, 5) is 4.45. The maximum atomic E-state index is 10.1. The minimum Gasteiger partial charge on any atom is -0.508 e. The predicted molar refractivity (Wildman–Crippen MR) is 93.7 cm³/mol. The zero-order valence-electron chi connectivity index (χ0n) is 13.4. The van der Waals surface area contributed by atoms with Gasteiger partial charge in [-0.25, -0.2) is 0 Å². The van der Waals surface area contributed by atoms with Gasteiger partial charge >= 0.3 is 0 Å². The normalized spacial score (nSPS) is 15.0. The van der Waals surface area contributed by atoms with Crippen LogP contribution in [0.4, 0.5) is 5.69 Å². The van der Waals surface area contributed by atoms with E-state index in [9.17, 15) is 10.2 Å². The van der Waals surface area contributed by atoms with Gasteiger partial charge in [-0.2, -0.15) is 0 Å². The first-order valence-corrected chi connectivity index (χ1v) is 8.23. The second-order valence-corrected chi connectivity index (χ2v) is 6.20. The van der Waals surface area contributed by atoms with E-state index in [0.717, 1.165) is 39.3 Å². The van der Waals surface area contributed by atoms with Crippen molar-refractivity contribution in [1.29, 1.82) is 0 Å². The number of pyridine rings is 1. The second-order valence-electron chi connectivity index (χ2n) is 6.20. The molecule has 3 heterocycles. The zero-order valence-corrected chi connectivity index (χ0v) is 13.4. The Hall–Kier alpha value is -3.15. The smallest absolute Gasteiger partial charge is 0.150 e. The van der Waals surface area contributed by atoms with Gasteiger partial charge in [0.1, 0.15) is 29.4 Å². The standard InChI is InChI=1S/C19H16N2O4/c22-10-7-12(19-14(8-10)20-4-6-25-19)13-9-21-18-15(23)1-2-16-17(18)11(13)3-5-24-16/h1-2,7-9,20,22-23H,3-6H2. The SMILES string of the molecule is Oc1cc2c(c(-c3cnc4c(O)ccc5c4c3CCO5)c1)OCCN2. The number of rotatable bonds is 1. The third kappa shape index (κ3) is 2.07. The van der Waals surface area contributed by atoms with Crippen molar-refractivity contribution in [3.8, 4) is 34.1 Å². The molecule has 0 spiro atoms. The summed E-state index contributed by atoms with van der Waals surface area (Å²) in [6, 6.07) is 6.73. The number of phenols is 2. The highest BCUT2D eigenvalue weighted by Gasteiger charge is 2.24. The van der Waals surface area contributed by atoms with Gasteiger partial charge in [0.2, 0.25) is 0 Å². The van der Waals surface area contributed by atoms with E-state index in [1.807, 2.05) is 0 Å². The molecule has 0 unspecified atom stereocenters. The Kier molecular flexibility index (Phi) is 2.94. The van der Waals surface area contributed by atoms with Crippen molar-refractivity contribution in [1.82, 2.24) is 4.98 Å². The lowest BCUT2D eigenvalue weighted by molar-refractivity contribution is 0.317. The van der Waals surface area contributed by atoms with E-state index in [1.54, 1.807) is 30.5 Å². The lowest BCUT2D eigenvalue weighted by atomic mass is 9.92. The number of anilines is 1. The largest absolute Gasteiger partial charge is 0.508 e. The number of aromatic nitrogens is 1. The molecule has 2 aliphatic rings. The number of hydrogen-bond acceptors (Lipinski definition) is 6. The summed E-state index contributed by atoms with van der Waals surface area (Å²) in [6.07, 6.45) is 2.43. The van der Waals surface area contributed by atoms with Crippen molar-refractivity contribution in [3.63, 3.8) is 0 Å². The average molecular weight is 336 g/mol. The van der Waals surface area contributed by atoms with E-state index in [2.05, 4.69) is 10.3 Å². The van der Waals surface area contributed by atoms with Crippen LogP contribution in [0.5, 0.6) is 23.0 Å². The number of benzene rings is 2. The number of phenolic OH excluding ortho intramolecular Hbond substituents is 2. The van der Waals surface area contributed by atoms with Gasteiger partial charge in [-0.1, -0.05) is 0 Å². The van der Waals surface area contributed by atoms with Gasteiger partial charge in [0, 0.05) is 36.4 Å². The Morgan fingerprint density at radius 1 is 1.04 bits per heavy atom. The fraction of sp³-hybridized carbons (Fsp3) is 0.211. The molecule has 0 saturated carbocycles. The summed E-state index contributed by atoms with van der Waals surface area (Å²) in [7, 11) is 0. The summed E-state index contributed by atoms with van der Waals surface area (Å²) in [5.41, 5.74) is 4.03. The third-order valence-electron chi connectivity index (χ3n) is 4.71. The van der Waals surface area contributed by atoms with Crippen molar-refractivity contribution in [2.75, 3.05) is 25.1 Å². The fourth-order valence-electron chi connectivity index (χ4n) is 3.64. The Balaban J connectivity index is 1.84. The minimum atomic E-state index is 0.132. The van der Waals surface area contributed by atoms with Crippen LogP contribution in [-0.4, -0.2) is 35.0 Å². The minimum absolute atomic E-state index is 0.132. The number of hydrogen-bond donors (Lipinski definition) is 3. The molecule has 0 fully saturated rings. The number of nitrogens with one attached hydrogen (secondary N) is 1. The van der Waals surface area contributed by atoms with Crippen molar-refractivity contribution >= 4 is 16.6 Å². The number of fused-ring (bicyclic) bond motifs is 1. The molecule has 3 N–H and O–H groups in total. The lowest BCUT2D eigenvalue weighted by Gasteiger charge is -2.25. The van der Waals surface area contributed by atoms with Crippen molar-refractivity contribution in [2.24, 2.45) is 0 Å². The highest BCUT2D eigenvalue weighted by molar-refractivity contribution is 5.98. The average Bonchev–Trinajstić information content (AvgIpc) is 2.64. The first-order valence-electron chi connectivity index (χ1n) is 8.23. The molecule has 25 heavy (non-hydrogen) atoms. The Bertz CT molecular complexity index is 1020. The van der Waals surface area contributed by atoms with Gasteiger partial charge in [-0.3, -0.25) is 4.98 Å². The van der Waals surface area contributed by atoms with Crippen LogP contribution in [0, 0.1) is 0 Å². The van der Waals surface area contributed by atoms with Crippen LogP contribution < -0.4 is 14.8 Å². The van der Waals surface area contributed by atoms with Gasteiger partial charge in [0.15, 0.2) is 5.75 Å². The molecule has 0 amide bonds. The Morgan fingerprint density at radius 2 is 1.96 bits per heavy atom. The van der Waals surface area contributed by atoms with Crippen LogP contribution in [-0.2, 0) is 6.42 Å². The molecule has 0 aliphatic carbocycles. The van der Waals surface area contributed by atoms with Crippen LogP contribution in [0.15, 0.2) is 30.5 Å². The molecule has 0 saturated heterocycles. The van der Waals surface area contributed by atoms with Crippen molar-refractivity contribution in [2.45, 2.75) is 6.42 Å². The Labute approximate surface area is 143 Å². The van der Waals surface area contributed by atoms with Crippen LogP contribution in [0.25, 0.3) is 22.0 Å².